The summed E-state index contributed by atoms with van der Waals surface area (Å²) in [6.07, 6.45) is 2.95. The SMILES string of the molecule is C=CC[C@H](C[C@@H](O)CC#C[Si](C)(C)C)OCOCCOC. The summed E-state index contributed by atoms with van der Waals surface area (Å²) in [6, 6.07) is 0. The molecule has 122 valence electrons. The molecule has 0 heterocycles. The first-order valence-corrected chi connectivity index (χ1v) is 10.9. The minimum Gasteiger partial charge on any atom is -0.392 e. The summed E-state index contributed by atoms with van der Waals surface area (Å²) in [5.41, 5.74) is 3.25. The van der Waals surface area contributed by atoms with Crippen molar-refractivity contribution in [1.82, 2.24) is 0 Å². The third-order valence-electron chi connectivity index (χ3n) is 2.58. The molecule has 0 aromatic heterocycles. The van der Waals surface area contributed by atoms with Crippen LogP contribution in [0, 0.1) is 11.5 Å². The number of aliphatic hydroxyl groups excluding tert-OH is 1. The van der Waals surface area contributed by atoms with Gasteiger partial charge in [-0.3, -0.25) is 0 Å². The van der Waals surface area contributed by atoms with Crippen LogP contribution in [0.1, 0.15) is 19.3 Å². The van der Waals surface area contributed by atoms with Crippen LogP contribution in [0.5, 0.6) is 0 Å². The van der Waals surface area contributed by atoms with Gasteiger partial charge < -0.3 is 19.3 Å². The van der Waals surface area contributed by atoms with Crippen molar-refractivity contribution >= 4 is 8.07 Å². The van der Waals surface area contributed by atoms with Gasteiger partial charge in [-0.05, 0) is 6.42 Å². The fraction of sp³-hybridized carbons (Fsp3) is 0.750. The maximum absolute atomic E-state index is 10.0. The normalized spacial score (nSPS) is 14.1. The average molecular weight is 314 g/mol. The lowest BCUT2D eigenvalue weighted by atomic mass is 10.1. The molecular weight excluding hydrogens is 284 g/mol. The standard InChI is InChI=1S/C16H30O4Si/c1-6-8-16(20-14-19-11-10-18-2)13-15(17)9-7-12-21(3,4)5/h6,15-17H,1,8-11,13-14H2,2-5H3/t15-,16+/m0/s1. The number of ether oxygens (including phenoxy) is 3. The minimum atomic E-state index is -1.36. The van der Waals surface area contributed by atoms with E-state index in [9.17, 15) is 5.11 Å². The number of methoxy groups -OCH3 is 1. The summed E-state index contributed by atoms with van der Waals surface area (Å²) in [4.78, 5) is 0. The Bertz CT molecular complexity index is 327. The van der Waals surface area contributed by atoms with Crippen molar-refractivity contribution in [2.24, 2.45) is 0 Å². The average Bonchev–Trinajstić information content (AvgIpc) is 2.37. The molecule has 0 radical (unpaired) electrons. The van der Waals surface area contributed by atoms with E-state index in [4.69, 9.17) is 14.2 Å². The molecule has 0 aliphatic rings. The number of aliphatic hydroxyl groups is 1. The van der Waals surface area contributed by atoms with E-state index in [-0.39, 0.29) is 12.9 Å². The maximum Gasteiger partial charge on any atom is 0.147 e. The molecule has 0 unspecified atom stereocenters. The molecule has 0 saturated heterocycles. The van der Waals surface area contributed by atoms with E-state index in [2.05, 4.69) is 37.7 Å². The molecule has 0 fully saturated rings. The Morgan fingerprint density at radius 3 is 2.57 bits per heavy atom. The highest BCUT2D eigenvalue weighted by molar-refractivity contribution is 6.83. The van der Waals surface area contributed by atoms with Crippen LogP contribution in [-0.4, -0.2) is 52.5 Å². The quantitative estimate of drug-likeness (QED) is 0.209. The second kappa shape index (κ2) is 12.0. The van der Waals surface area contributed by atoms with E-state index in [1.807, 2.05) is 0 Å². The van der Waals surface area contributed by atoms with E-state index < -0.39 is 14.2 Å². The molecule has 0 amide bonds. The van der Waals surface area contributed by atoms with Gasteiger partial charge in [0.1, 0.15) is 14.9 Å². The molecule has 0 saturated carbocycles. The van der Waals surface area contributed by atoms with Crippen LogP contribution in [0.2, 0.25) is 19.6 Å². The van der Waals surface area contributed by atoms with Gasteiger partial charge in [-0.25, -0.2) is 0 Å². The molecule has 1 N–H and O–H groups in total. The predicted molar refractivity (Wildman–Crippen MR) is 88.7 cm³/mol. The van der Waals surface area contributed by atoms with Gasteiger partial charge in [0.2, 0.25) is 0 Å². The Morgan fingerprint density at radius 2 is 2.00 bits per heavy atom. The molecule has 2 atom stereocenters. The molecule has 0 rings (SSSR count). The molecule has 0 aromatic rings. The van der Waals surface area contributed by atoms with Gasteiger partial charge in [0.05, 0.1) is 25.4 Å². The van der Waals surface area contributed by atoms with Gasteiger partial charge in [-0.1, -0.05) is 25.7 Å². The Balaban J connectivity index is 4.04. The Morgan fingerprint density at radius 1 is 1.29 bits per heavy atom. The van der Waals surface area contributed by atoms with Crippen molar-refractivity contribution in [2.45, 2.75) is 51.1 Å². The van der Waals surface area contributed by atoms with Crippen LogP contribution in [0.4, 0.5) is 0 Å². The van der Waals surface area contributed by atoms with Crippen molar-refractivity contribution in [2.75, 3.05) is 27.1 Å². The van der Waals surface area contributed by atoms with E-state index in [0.29, 0.717) is 32.5 Å². The fourth-order valence-corrected chi connectivity index (χ4v) is 2.22. The van der Waals surface area contributed by atoms with Crippen molar-refractivity contribution < 1.29 is 19.3 Å². The predicted octanol–water partition coefficient (Wildman–Crippen LogP) is 2.59. The first-order chi connectivity index (χ1) is 9.89. The Labute approximate surface area is 130 Å². The van der Waals surface area contributed by atoms with Crippen LogP contribution in [0.3, 0.4) is 0 Å². The lowest BCUT2D eigenvalue weighted by Gasteiger charge is -2.19. The zero-order chi connectivity index (χ0) is 16.1. The highest BCUT2D eigenvalue weighted by Gasteiger charge is 2.14. The molecule has 4 nitrogen and oxygen atoms in total. The van der Waals surface area contributed by atoms with Gasteiger partial charge in [0.25, 0.3) is 0 Å². The van der Waals surface area contributed by atoms with Gasteiger partial charge >= 0.3 is 0 Å². The number of hydrogen-bond donors (Lipinski definition) is 1. The summed E-state index contributed by atoms with van der Waals surface area (Å²) in [7, 11) is 0.263. The summed E-state index contributed by atoms with van der Waals surface area (Å²) < 4.78 is 15.8. The maximum atomic E-state index is 10.0. The number of rotatable bonds is 11. The van der Waals surface area contributed by atoms with Crippen LogP contribution in [0.15, 0.2) is 12.7 Å². The summed E-state index contributed by atoms with van der Waals surface area (Å²) in [6.45, 7) is 11.5. The van der Waals surface area contributed by atoms with E-state index in [1.54, 1.807) is 13.2 Å². The minimum absolute atomic E-state index is 0.0891. The smallest absolute Gasteiger partial charge is 0.147 e. The van der Waals surface area contributed by atoms with Gasteiger partial charge in [0, 0.05) is 20.0 Å². The lowest BCUT2D eigenvalue weighted by Crippen LogP contribution is -2.22. The Hall–Kier alpha value is -0.643. The highest BCUT2D eigenvalue weighted by atomic mass is 28.3. The zero-order valence-corrected chi connectivity index (χ0v) is 14.9. The number of hydrogen-bond acceptors (Lipinski definition) is 4. The molecule has 5 heteroatoms. The highest BCUT2D eigenvalue weighted by Crippen LogP contribution is 2.10. The molecule has 0 aliphatic heterocycles. The third-order valence-corrected chi connectivity index (χ3v) is 3.51. The zero-order valence-electron chi connectivity index (χ0n) is 13.9. The summed E-state index contributed by atoms with van der Waals surface area (Å²) in [5.74, 6) is 3.09. The van der Waals surface area contributed by atoms with Crippen LogP contribution in [0.25, 0.3) is 0 Å². The first-order valence-electron chi connectivity index (χ1n) is 7.36. The second-order valence-electron chi connectivity index (χ2n) is 5.98. The molecule has 21 heavy (non-hydrogen) atoms. The summed E-state index contributed by atoms with van der Waals surface area (Å²) in [5, 5.41) is 10.0. The van der Waals surface area contributed by atoms with Crippen molar-refractivity contribution in [3.63, 3.8) is 0 Å². The molecule has 0 spiro atoms. The van der Waals surface area contributed by atoms with Crippen LogP contribution < -0.4 is 0 Å². The fourth-order valence-electron chi connectivity index (χ4n) is 1.58. The lowest BCUT2D eigenvalue weighted by molar-refractivity contribution is -0.105. The molecule has 0 bridgehead atoms. The van der Waals surface area contributed by atoms with E-state index in [1.165, 1.54) is 0 Å². The molecular formula is C16H30O4Si. The van der Waals surface area contributed by atoms with Crippen molar-refractivity contribution in [1.29, 1.82) is 0 Å². The summed E-state index contributed by atoms with van der Waals surface area (Å²) >= 11 is 0. The second-order valence-corrected chi connectivity index (χ2v) is 10.7. The van der Waals surface area contributed by atoms with Gasteiger partial charge in [0.15, 0.2) is 0 Å². The van der Waals surface area contributed by atoms with Crippen molar-refractivity contribution in [3.8, 4) is 11.5 Å². The Kier molecular flexibility index (Phi) is 11.6. The van der Waals surface area contributed by atoms with E-state index >= 15 is 0 Å². The van der Waals surface area contributed by atoms with Gasteiger partial charge in [-0.2, -0.15) is 0 Å². The monoisotopic (exact) mass is 314 g/mol. The van der Waals surface area contributed by atoms with Gasteiger partial charge in [-0.15, -0.1) is 18.0 Å². The molecule has 0 aromatic carbocycles. The topological polar surface area (TPSA) is 47.9 Å². The molecule has 0 aliphatic carbocycles. The van der Waals surface area contributed by atoms with Crippen LogP contribution >= 0.6 is 0 Å². The van der Waals surface area contributed by atoms with Crippen LogP contribution in [-0.2, 0) is 14.2 Å². The third kappa shape index (κ3) is 14.1. The largest absolute Gasteiger partial charge is 0.392 e. The first kappa shape index (κ1) is 20.4. The van der Waals surface area contributed by atoms with Crippen molar-refractivity contribution in [3.05, 3.63) is 12.7 Å². The van der Waals surface area contributed by atoms with E-state index in [0.717, 1.165) is 0 Å².